The Kier molecular flexibility index (Phi) is 2.75. The molecule has 0 saturated carbocycles. The van der Waals surface area contributed by atoms with Crippen molar-refractivity contribution in [3.8, 4) is 0 Å². The Morgan fingerprint density at radius 3 is 2.42 bits per heavy atom. The van der Waals surface area contributed by atoms with Gasteiger partial charge in [0.15, 0.2) is 0 Å². The van der Waals surface area contributed by atoms with Crippen LogP contribution < -0.4 is 5.38 Å². The number of hydrogen-bond donors (Lipinski definition) is 1. The summed E-state index contributed by atoms with van der Waals surface area (Å²) >= 11 is 0. The third kappa shape index (κ3) is 2.22. The van der Waals surface area contributed by atoms with Crippen molar-refractivity contribution in [2.45, 2.75) is 26.1 Å². The minimum Gasteiger partial charge on any atom is -0.471 e. The highest BCUT2D eigenvalue weighted by Gasteiger charge is 2.20. The summed E-state index contributed by atoms with van der Waals surface area (Å²) in [4.78, 5) is 0. The maximum Gasteiger partial charge on any atom is 0.123 e. The van der Waals surface area contributed by atoms with Crippen molar-refractivity contribution in [1.82, 2.24) is 0 Å². The van der Waals surface area contributed by atoms with E-state index in [1.807, 2.05) is 12.1 Å². The standard InChI is InChI=1S/C9H16O2Si/c1-12(2,3)9-5-4-8(11-9)6-7-10/h4-5,10H,6-7H2,1-3H3. The van der Waals surface area contributed by atoms with Gasteiger partial charge in [-0.1, -0.05) is 19.6 Å². The molecule has 0 saturated heterocycles. The second-order valence-electron chi connectivity index (χ2n) is 3.99. The number of aliphatic hydroxyl groups is 1. The van der Waals surface area contributed by atoms with Crippen LogP contribution in [0.4, 0.5) is 0 Å². The molecule has 1 N–H and O–H groups in total. The summed E-state index contributed by atoms with van der Waals surface area (Å²) in [6.07, 6.45) is 0.629. The maximum absolute atomic E-state index is 8.68. The van der Waals surface area contributed by atoms with Crippen LogP contribution in [0.3, 0.4) is 0 Å². The normalized spacial score (nSPS) is 12.0. The van der Waals surface area contributed by atoms with Crippen LogP contribution in [0.15, 0.2) is 16.5 Å². The Morgan fingerprint density at radius 2 is 2.00 bits per heavy atom. The smallest absolute Gasteiger partial charge is 0.123 e. The van der Waals surface area contributed by atoms with E-state index >= 15 is 0 Å². The van der Waals surface area contributed by atoms with Gasteiger partial charge in [0.25, 0.3) is 0 Å². The summed E-state index contributed by atoms with van der Waals surface area (Å²) in [6, 6.07) is 4.00. The van der Waals surface area contributed by atoms with Crippen molar-refractivity contribution in [1.29, 1.82) is 0 Å². The Balaban J connectivity index is 2.77. The largest absolute Gasteiger partial charge is 0.471 e. The quantitative estimate of drug-likeness (QED) is 0.720. The van der Waals surface area contributed by atoms with Gasteiger partial charge in [-0.3, -0.25) is 0 Å². The predicted molar refractivity (Wildman–Crippen MR) is 52.5 cm³/mol. The van der Waals surface area contributed by atoms with E-state index in [0.717, 1.165) is 11.1 Å². The van der Waals surface area contributed by atoms with Gasteiger partial charge in [0.1, 0.15) is 13.8 Å². The van der Waals surface area contributed by atoms with E-state index in [1.165, 1.54) is 0 Å². The van der Waals surface area contributed by atoms with Crippen molar-refractivity contribution in [2.24, 2.45) is 0 Å². The van der Waals surface area contributed by atoms with Crippen LogP contribution >= 0.6 is 0 Å². The van der Waals surface area contributed by atoms with E-state index in [2.05, 4.69) is 19.6 Å². The van der Waals surface area contributed by atoms with E-state index in [0.29, 0.717) is 6.42 Å². The van der Waals surface area contributed by atoms with E-state index in [-0.39, 0.29) is 6.61 Å². The van der Waals surface area contributed by atoms with Crippen molar-refractivity contribution in [3.05, 3.63) is 17.9 Å². The Morgan fingerprint density at radius 1 is 1.33 bits per heavy atom. The molecule has 0 aliphatic rings. The molecule has 0 aromatic carbocycles. The van der Waals surface area contributed by atoms with Crippen molar-refractivity contribution in [3.63, 3.8) is 0 Å². The molecule has 0 bridgehead atoms. The molecule has 0 aliphatic heterocycles. The van der Waals surface area contributed by atoms with Gasteiger partial charge in [-0.25, -0.2) is 0 Å². The topological polar surface area (TPSA) is 33.4 Å². The van der Waals surface area contributed by atoms with E-state index in [4.69, 9.17) is 9.52 Å². The fourth-order valence-corrected chi connectivity index (χ4v) is 2.05. The van der Waals surface area contributed by atoms with Crippen LogP contribution in [-0.2, 0) is 6.42 Å². The molecule has 0 fully saturated rings. The molecule has 1 aromatic rings. The van der Waals surface area contributed by atoms with Gasteiger partial charge in [0, 0.05) is 6.42 Å². The molecule has 0 aliphatic carbocycles. The monoisotopic (exact) mass is 184 g/mol. The third-order valence-corrected chi connectivity index (χ3v) is 3.51. The summed E-state index contributed by atoms with van der Waals surface area (Å²) in [7, 11) is -1.29. The van der Waals surface area contributed by atoms with Crippen molar-refractivity contribution in [2.75, 3.05) is 6.61 Å². The molecule has 1 heterocycles. The first-order chi connectivity index (χ1) is 5.54. The summed E-state index contributed by atoms with van der Waals surface area (Å²) in [5.74, 6) is 0.898. The molecule has 3 heteroatoms. The average Bonchev–Trinajstić information content (AvgIpc) is 2.35. The number of furan rings is 1. The first-order valence-electron chi connectivity index (χ1n) is 4.24. The zero-order chi connectivity index (χ0) is 9.19. The minimum atomic E-state index is -1.29. The molecule has 1 rings (SSSR count). The molecule has 0 atom stereocenters. The molecular formula is C9H16O2Si. The number of aliphatic hydroxyl groups excluding tert-OH is 1. The lowest BCUT2D eigenvalue weighted by Crippen LogP contribution is -2.36. The first kappa shape index (κ1) is 9.54. The lowest BCUT2D eigenvalue weighted by molar-refractivity contribution is 0.289. The molecular weight excluding hydrogens is 168 g/mol. The van der Waals surface area contributed by atoms with E-state index in [9.17, 15) is 0 Å². The second-order valence-corrected chi connectivity index (χ2v) is 8.98. The average molecular weight is 184 g/mol. The predicted octanol–water partition coefficient (Wildman–Crippen LogP) is 1.36. The van der Waals surface area contributed by atoms with Crippen LogP contribution in [0.2, 0.25) is 19.6 Å². The second kappa shape index (κ2) is 3.45. The molecule has 0 spiro atoms. The molecule has 12 heavy (non-hydrogen) atoms. The highest BCUT2D eigenvalue weighted by Crippen LogP contribution is 2.06. The fourth-order valence-electron chi connectivity index (χ4n) is 1.03. The van der Waals surface area contributed by atoms with Crippen LogP contribution in [0.1, 0.15) is 5.76 Å². The highest BCUT2D eigenvalue weighted by molar-refractivity contribution is 6.87. The Labute approximate surface area is 74.2 Å². The van der Waals surface area contributed by atoms with Gasteiger partial charge in [0.05, 0.1) is 12.0 Å². The van der Waals surface area contributed by atoms with Gasteiger partial charge in [-0.2, -0.15) is 0 Å². The van der Waals surface area contributed by atoms with Crippen LogP contribution in [0, 0.1) is 0 Å². The van der Waals surface area contributed by atoms with Crippen molar-refractivity contribution < 1.29 is 9.52 Å². The van der Waals surface area contributed by atoms with Crippen molar-refractivity contribution >= 4 is 13.5 Å². The number of hydrogen-bond acceptors (Lipinski definition) is 2. The highest BCUT2D eigenvalue weighted by atomic mass is 28.3. The molecule has 2 nitrogen and oxygen atoms in total. The lowest BCUT2D eigenvalue weighted by atomic mass is 10.3. The number of rotatable bonds is 3. The fraction of sp³-hybridized carbons (Fsp3) is 0.556. The van der Waals surface area contributed by atoms with E-state index < -0.39 is 8.07 Å². The van der Waals surface area contributed by atoms with Gasteiger partial charge in [-0.15, -0.1) is 0 Å². The molecule has 0 radical (unpaired) electrons. The SMILES string of the molecule is C[Si](C)(C)c1ccc(CCO)o1. The van der Waals surface area contributed by atoms with Crippen LogP contribution in [-0.4, -0.2) is 19.8 Å². The summed E-state index contributed by atoms with van der Waals surface area (Å²) in [5, 5.41) is 9.80. The van der Waals surface area contributed by atoms with Gasteiger partial charge >= 0.3 is 0 Å². The minimum absolute atomic E-state index is 0.165. The van der Waals surface area contributed by atoms with Gasteiger partial charge in [0.2, 0.25) is 0 Å². The third-order valence-electron chi connectivity index (χ3n) is 1.76. The maximum atomic E-state index is 8.68. The zero-order valence-corrected chi connectivity index (χ0v) is 8.92. The van der Waals surface area contributed by atoms with Crippen LogP contribution in [0.5, 0.6) is 0 Å². The van der Waals surface area contributed by atoms with Gasteiger partial charge in [-0.05, 0) is 12.1 Å². The molecule has 1 aromatic heterocycles. The zero-order valence-electron chi connectivity index (χ0n) is 7.92. The molecule has 68 valence electrons. The molecule has 0 amide bonds. The van der Waals surface area contributed by atoms with E-state index in [1.54, 1.807) is 0 Å². The Hall–Kier alpha value is -0.543. The first-order valence-corrected chi connectivity index (χ1v) is 7.74. The summed E-state index contributed by atoms with van der Waals surface area (Å²) < 4.78 is 5.59. The summed E-state index contributed by atoms with van der Waals surface area (Å²) in [6.45, 7) is 6.90. The molecule has 0 unspecified atom stereocenters. The van der Waals surface area contributed by atoms with Crippen LogP contribution in [0.25, 0.3) is 0 Å². The lowest BCUT2D eigenvalue weighted by Gasteiger charge is -2.11. The van der Waals surface area contributed by atoms with Gasteiger partial charge < -0.3 is 9.52 Å². The summed E-state index contributed by atoms with van der Waals surface area (Å²) in [5.41, 5.74) is 0. The Bertz CT molecular complexity index is 247.